The Morgan fingerprint density at radius 1 is 1.08 bits per heavy atom. The van der Waals surface area contributed by atoms with Crippen LogP contribution in [0.2, 0.25) is 0 Å². The Kier molecular flexibility index (Phi) is 2.50. The average Bonchev–Trinajstić information content (AvgIpc) is 2.02. The molecule has 3 nitrogen and oxygen atoms in total. The van der Waals surface area contributed by atoms with E-state index in [1.807, 2.05) is 0 Å². The minimum absolute atomic E-state index is 0.0842. The van der Waals surface area contributed by atoms with E-state index in [4.69, 9.17) is 0 Å². The van der Waals surface area contributed by atoms with Crippen molar-refractivity contribution < 1.29 is 8.42 Å². The Bertz CT molecular complexity index is 291. The third-order valence-electron chi connectivity index (χ3n) is 2.87. The van der Waals surface area contributed by atoms with Crippen molar-refractivity contribution in [1.82, 2.24) is 4.72 Å². The van der Waals surface area contributed by atoms with Gasteiger partial charge in [-0.05, 0) is 32.1 Å². The molecule has 78 valence electrons. The molecule has 0 aliphatic carbocycles. The standard InChI is InChI=1S/C9H19NO2S/c1-8(2)5-6-9(3,4)13(11,12)10-7-8/h10H,5-7H2,1-4H3. The molecule has 1 saturated heterocycles. The van der Waals surface area contributed by atoms with Gasteiger partial charge in [-0.2, -0.15) is 0 Å². The third-order valence-corrected chi connectivity index (χ3v) is 5.06. The number of nitrogens with one attached hydrogen (secondary N) is 1. The Labute approximate surface area is 81.0 Å². The van der Waals surface area contributed by atoms with E-state index in [9.17, 15) is 8.42 Å². The second-order valence-electron chi connectivity index (χ2n) is 5.25. The first-order valence-electron chi connectivity index (χ1n) is 4.66. The molecule has 1 aliphatic heterocycles. The number of sulfonamides is 1. The van der Waals surface area contributed by atoms with Crippen molar-refractivity contribution in [1.29, 1.82) is 0 Å². The second-order valence-corrected chi connectivity index (χ2v) is 7.65. The monoisotopic (exact) mass is 205 g/mol. The molecular formula is C9H19NO2S. The van der Waals surface area contributed by atoms with Crippen LogP contribution in [0.4, 0.5) is 0 Å². The highest BCUT2D eigenvalue weighted by molar-refractivity contribution is 7.90. The zero-order valence-electron chi connectivity index (χ0n) is 8.85. The largest absolute Gasteiger partial charge is 0.216 e. The van der Waals surface area contributed by atoms with Crippen LogP contribution in [0.5, 0.6) is 0 Å². The SMILES string of the molecule is CC1(C)CCC(C)(C)S(=O)(=O)NC1. The summed E-state index contributed by atoms with van der Waals surface area (Å²) in [5.41, 5.74) is 0.0842. The van der Waals surface area contributed by atoms with Crippen LogP contribution >= 0.6 is 0 Å². The van der Waals surface area contributed by atoms with Crippen molar-refractivity contribution in [3.05, 3.63) is 0 Å². The van der Waals surface area contributed by atoms with Crippen LogP contribution in [0.15, 0.2) is 0 Å². The van der Waals surface area contributed by atoms with Gasteiger partial charge >= 0.3 is 0 Å². The summed E-state index contributed by atoms with van der Waals surface area (Å²) in [5, 5.41) is 0. The molecule has 0 unspecified atom stereocenters. The van der Waals surface area contributed by atoms with Crippen LogP contribution in [0.1, 0.15) is 40.5 Å². The van der Waals surface area contributed by atoms with Gasteiger partial charge < -0.3 is 0 Å². The highest BCUT2D eigenvalue weighted by Crippen LogP contribution is 2.33. The fourth-order valence-electron chi connectivity index (χ4n) is 1.35. The molecule has 1 fully saturated rings. The van der Waals surface area contributed by atoms with Gasteiger partial charge in [0.25, 0.3) is 0 Å². The van der Waals surface area contributed by atoms with Gasteiger partial charge in [0, 0.05) is 6.54 Å². The van der Waals surface area contributed by atoms with E-state index in [0.29, 0.717) is 6.54 Å². The van der Waals surface area contributed by atoms with Crippen molar-refractivity contribution in [2.24, 2.45) is 5.41 Å². The van der Waals surface area contributed by atoms with Crippen LogP contribution in [-0.2, 0) is 10.0 Å². The van der Waals surface area contributed by atoms with Crippen LogP contribution in [0, 0.1) is 5.41 Å². The molecule has 0 atom stereocenters. The minimum atomic E-state index is -3.12. The van der Waals surface area contributed by atoms with Crippen LogP contribution < -0.4 is 4.72 Å². The van der Waals surface area contributed by atoms with Crippen molar-refractivity contribution in [3.8, 4) is 0 Å². The first kappa shape index (κ1) is 11.0. The molecular weight excluding hydrogens is 186 g/mol. The second kappa shape index (κ2) is 2.95. The van der Waals surface area contributed by atoms with Gasteiger partial charge in [0.15, 0.2) is 0 Å². The van der Waals surface area contributed by atoms with E-state index in [0.717, 1.165) is 12.8 Å². The summed E-state index contributed by atoms with van der Waals surface area (Å²) in [6.07, 6.45) is 1.68. The molecule has 1 aliphatic rings. The molecule has 0 radical (unpaired) electrons. The average molecular weight is 205 g/mol. The maximum atomic E-state index is 11.7. The summed E-state index contributed by atoms with van der Waals surface area (Å²) in [7, 11) is -3.12. The summed E-state index contributed by atoms with van der Waals surface area (Å²) < 4.78 is 25.4. The molecule has 1 heterocycles. The summed E-state index contributed by atoms with van der Waals surface area (Å²) in [5.74, 6) is 0. The Hall–Kier alpha value is -0.0900. The lowest BCUT2D eigenvalue weighted by Crippen LogP contribution is -2.40. The van der Waals surface area contributed by atoms with Crippen molar-refractivity contribution >= 4 is 10.0 Å². The zero-order chi connectivity index (χ0) is 10.3. The molecule has 13 heavy (non-hydrogen) atoms. The third kappa shape index (κ3) is 2.23. The maximum absolute atomic E-state index is 11.7. The molecule has 0 bridgehead atoms. The van der Waals surface area contributed by atoms with E-state index >= 15 is 0 Å². The fraction of sp³-hybridized carbons (Fsp3) is 1.00. The molecule has 4 heteroatoms. The first-order chi connectivity index (χ1) is 5.66. The lowest BCUT2D eigenvalue weighted by atomic mass is 9.85. The molecule has 1 N–H and O–H groups in total. The quantitative estimate of drug-likeness (QED) is 0.651. The van der Waals surface area contributed by atoms with Crippen LogP contribution in [0.3, 0.4) is 0 Å². The van der Waals surface area contributed by atoms with Gasteiger partial charge in [-0.25, -0.2) is 13.1 Å². The number of hydrogen-bond donors (Lipinski definition) is 1. The van der Waals surface area contributed by atoms with Crippen LogP contribution in [0.25, 0.3) is 0 Å². The molecule has 0 spiro atoms. The molecule has 0 saturated carbocycles. The van der Waals surface area contributed by atoms with Gasteiger partial charge in [-0.15, -0.1) is 0 Å². The van der Waals surface area contributed by atoms with Crippen molar-refractivity contribution in [3.63, 3.8) is 0 Å². The first-order valence-corrected chi connectivity index (χ1v) is 6.14. The fourth-order valence-corrected chi connectivity index (χ4v) is 2.69. The summed E-state index contributed by atoms with van der Waals surface area (Å²) in [4.78, 5) is 0. The van der Waals surface area contributed by atoms with E-state index < -0.39 is 14.8 Å². The molecule has 0 aromatic rings. The van der Waals surface area contributed by atoms with E-state index in [1.165, 1.54) is 0 Å². The predicted molar refractivity (Wildman–Crippen MR) is 54.0 cm³/mol. The Morgan fingerprint density at radius 3 is 2.15 bits per heavy atom. The Morgan fingerprint density at radius 2 is 1.62 bits per heavy atom. The highest BCUT2D eigenvalue weighted by atomic mass is 32.2. The van der Waals surface area contributed by atoms with Gasteiger partial charge in [-0.3, -0.25) is 0 Å². The van der Waals surface area contributed by atoms with E-state index in [1.54, 1.807) is 13.8 Å². The normalized spacial score (nSPS) is 30.8. The van der Waals surface area contributed by atoms with E-state index in [-0.39, 0.29) is 5.41 Å². The lowest BCUT2D eigenvalue weighted by molar-refractivity contribution is 0.326. The molecule has 1 rings (SSSR count). The predicted octanol–water partition coefficient (Wildman–Crippen LogP) is 1.50. The van der Waals surface area contributed by atoms with Gasteiger partial charge in [0.2, 0.25) is 10.0 Å². The van der Waals surface area contributed by atoms with Gasteiger partial charge in [0.05, 0.1) is 4.75 Å². The highest BCUT2D eigenvalue weighted by Gasteiger charge is 2.39. The van der Waals surface area contributed by atoms with Gasteiger partial charge in [0.1, 0.15) is 0 Å². The summed E-state index contributed by atoms with van der Waals surface area (Å²) in [6.45, 7) is 8.32. The van der Waals surface area contributed by atoms with Crippen molar-refractivity contribution in [2.75, 3.05) is 6.54 Å². The maximum Gasteiger partial charge on any atom is 0.216 e. The van der Waals surface area contributed by atoms with E-state index in [2.05, 4.69) is 18.6 Å². The molecule has 0 amide bonds. The summed E-state index contributed by atoms with van der Waals surface area (Å²) in [6, 6.07) is 0. The number of rotatable bonds is 0. The van der Waals surface area contributed by atoms with Crippen molar-refractivity contribution in [2.45, 2.75) is 45.3 Å². The molecule has 0 aromatic carbocycles. The topological polar surface area (TPSA) is 46.2 Å². The van der Waals surface area contributed by atoms with Gasteiger partial charge in [-0.1, -0.05) is 13.8 Å². The Balaban J connectivity index is 2.96. The number of hydrogen-bond acceptors (Lipinski definition) is 2. The zero-order valence-corrected chi connectivity index (χ0v) is 9.66. The smallest absolute Gasteiger partial charge is 0.214 e. The summed E-state index contributed by atoms with van der Waals surface area (Å²) >= 11 is 0. The van der Waals surface area contributed by atoms with Crippen LogP contribution in [-0.4, -0.2) is 19.7 Å². The lowest BCUT2D eigenvalue weighted by Gasteiger charge is -2.22. The molecule has 0 aromatic heterocycles. The minimum Gasteiger partial charge on any atom is -0.214 e.